The second kappa shape index (κ2) is 8.78. The molecule has 1 aliphatic carbocycles. The molecular weight excluding hydrogens is 440 g/mol. The molecule has 1 saturated heterocycles. The SMILES string of the molecule is COc1ccc(NC(=O)C2(c3ccc(Cl)cc3)CCC2)cc1S(=O)(=O)N1CCOCC1. The Kier molecular flexibility index (Phi) is 6.25. The maximum absolute atomic E-state index is 13.3. The van der Waals surface area contributed by atoms with Gasteiger partial charge in [-0.25, -0.2) is 8.42 Å². The third-order valence-corrected chi connectivity index (χ3v) is 8.22. The first-order valence-corrected chi connectivity index (χ1v) is 12.0. The molecule has 0 aromatic heterocycles. The van der Waals surface area contributed by atoms with Gasteiger partial charge in [0.25, 0.3) is 0 Å². The average molecular weight is 465 g/mol. The number of nitrogens with one attached hydrogen (secondary N) is 1. The van der Waals surface area contributed by atoms with Crippen LogP contribution in [0, 0.1) is 0 Å². The number of carbonyl (C=O) groups is 1. The van der Waals surface area contributed by atoms with Crippen LogP contribution in [0.2, 0.25) is 5.02 Å². The van der Waals surface area contributed by atoms with E-state index in [4.69, 9.17) is 21.1 Å². The Morgan fingerprint density at radius 1 is 1.13 bits per heavy atom. The molecule has 1 saturated carbocycles. The minimum absolute atomic E-state index is 0.0313. The Hall–Kier alpha value is -2.13. The predicted molar refractivity (Wildman–Crippen MR) is 118 cm³/mol. The fourth-order valence-corrected chi connectivity index (χ4v) is 5.79. The van der Waals surface area contributed by atoms with Crippen LogP contribution in [0.3, 0.4) is 0 Å². The summed E-state index contributed by atoms with van der Waals surface area (Å²) in [5.41, 5.74) is 0.696. The molecule has 2 aliphatic rings. The molecule has 4 rings (SSSR count). The van der Waals surface area contributed by atoms with Crippen molar-refractivity contribution in [3.8, 4) is 5.75 Å². The first-order chi connectivity index (χ1) is 14.9. The van der Waals surface area contributed by atoms with Gasteiger partial charge in [-0.1, -0.05) is 30.2 Å². The second-order valence-corrected chi connectivity index (χ2v) is 10.1. The van der Waals surface area contributed by atoms with Crippen molar-refractivity contribution in [2.24, 2.45) is 0 Å². The first kappa shape index (κ1) is 22.1. The Morgan fingerprint density at radius 2 is 1.81 bits per heavy atom. The summed E-state index contributed by atoms with van der Waals surface area (Å²) >= 11 is 6.00. The van der Waals surface area contributed by atoms with Gasteiger partial charge in [0.15, 0.2) is 0 Å². The number of ether oxygens (including phenoxy) is 2. The minimum Gasteiger partial charge on any atom is -0.495 e. The van der Waals surface area contributed by atoms with E-state index in [1.165, 1.54) is 17.5 Å². The number of methoxy groups -OCH3 is 1. The standard InChI is InChI=1S/C22H25ClN2O5S/c1-29-19-8-7-18(15-20(19)31(27,28)25-11-13-30-14-12-25)24-21(26)22(9-2-10-22)16-3-5-17(23)6-4-16/h3-8,15H,2,9-14H2,1H3,(H,24,26). The van der Waals surface area contributed by atoms with Gasteiger partial charge in [0.2, 0.25) is 15.9 Å². The minimum atomic E-state index is -3.78. The number of anilines is 1. The molecule has 7 nitrogen and oxygen atoms in total. The maximum Gasteiger partial charge on any atom is 0.246 e. The zero-order valence-electron chi connectivity index (χ0n) is 17.3. The van der Waals surface area contributed by atoms with Gasteiger partial charge in [-0.2, -0.15) is 4.31 Å². The Balaban J connectivity index is 1.62. The van der Waals surface area contributed by atoms with Crippen LogP contribution in [0.1, 0.15) is 24.8 Å². The van der Waals surface area contributed by atoms with Crippen molar-refractivity contribution in [3.05, 3.63) is 53.1 Å². The van der Waals surface area contributed by atoms with Gasteiger partial charge in [-0.3, -0.25) is 4.79 Å². The third kappa shape index (κ3) is 4.17. The average Bonchev–Trinajstić information content (AvgIpc) is 2.75. The molecule has 0 radical (unpaired) electrons. The highest BCUT2D eigenvalue weighted by atomic mass is 35.5. The third-order valence-electron chi connectivity index (χ3n) is 6.05. The molecular formula is C22H25ClN2O5S. The van der Waals surface area contributed by atoms with Crippen LogP contribution in [-0.4, -0.2) is 52.0 Å². The van der Waals surface area contributed by atoms with E-state index < -0.39 is 15.4 Å². The fourth-order valence-electron chi connectivity index (χ4n) is 4.08. The number of morpholine rings is 1. The molecule has 1 aliphatic heterocycles. The van der Waals surface area contributed by atoms with Crippen molar-refractivity contribution in [2.75, 3.05) is 38.7 Å². The summed E-state index contributed by atoms with van der Waals surface area (Å²) in [6.07, 6.45) is 2.42. The summed E-state index contributed by atoms with van der Waals surface area (Å²) in [5, 5.41) is 3.55. The van der Waals surface area contributed by atoms with E-state index in [-0.39, 0.29) is 29.6 Å². The van der Waals surface area contributed by atoms with Crippen LogP contribution < -0.4 is 10.1 Å². The number of hydrogen-bond acceptors (Lipinski definition) is 5. The topological polar surface area (TPSA) is 84.9 Å². The molecule has 1 N–H and O–H groups in total. The summed E-state index contributed by atoms with van der Waals surface area (Å²) in [6.45, 7) is 1.26. The smallest absolute Gasteiger partial charge is 0.246 e. The Morgan fingerprint density at radius 3 is 2.39 bits per heavy atom. The monoisotopic (exact) mass is 464 g/mol. The predicted octanol–water partition coefficient (Wildman–Crippen LogP) is 3.43. The molecule has 0 bridgehead atoms. The molecule has 2 aromatic rings. The lowest BCUT2D eigenvalue weighted by Crippen LogP contribution is -2.46. The number of carbonyl (C=O) groups excluding carboxylic acids is 1. The quantitative estimate of drug-likeness (QED) is 0.708. The molecule has 31 heavy (non-hydrogen) atoms. The highest BCUT2D eigenvalue weighted by Crippen LogP contribution is 2.45. The van der Waals surface area contributed by atoms with Gasteiger partial charge >= 0.3 is 0 Å². The lowest BCUT2D eigenvalue weighted by Gasteiger charge is -2.40. The van der Waals surface area contributed by atoms with E-state index in [2.05, 4.69) is 5.32 Å². The number of nitrogens with zero attached hydrogens (tertiary/aromatic N) is 1. The van der Waals surface area contributed by atoms with E-state index in [1.54, 1.807) is 24.3 Å². The van der Waals surface area contributed by atoms with Crippen LogP contribution in [0.4, 0.5) is 5.69 Å². The van der Waals surface area contributed by atoms with Crippen molar-refractivity contribution in [3.63, 3.8) is 0 Å². The van der Waals surface area contributed by atoms with Gasteiger partial charge in [-0.05, 0) is 48.7 Å². The number of sulfonamides is 1. The van der Waals surface area contributed by atoms with Crippen molar-refractivity contribution in [2.45, 2.75) is 29.6 Å². The molecule has 9 heteroatoms. The van der Waals surface area contributed by atoms with Crippen LogP contribution in [0.5, 0.6) is 5.75 Å². The van der Waals surface area contributed by atoms with Crippen LogP contribution in [-0.2, 0) is 25.0 Å². The number of halogens is 1. The van der Waals surface area contributed by atoms with E-state index >= 15 is 0 Å². The van der Waals surface area contributed by atoms with E-state index in [1.807, 2.05) is 12.1 Å². The zero-order valence-corrected chi connectivity index (χ0v) is 18.8. The molecule has 2 fully saturated rings. The van der Waals surface area contributed by atoms with Crippen LogP contribution in [0.25, 0.3) is 0 Å². The summed E-state index contributed by atoms with van der Waals surface area (Å²) in [6, 6.07) is 12.0. The number of hydrogen-bond donors (Lipinski definition) is 1. The highest BCUT2D eigenvalue weighted by Gasteiger charge is 2.45. The molecule has 1 heterocycles. The van der Waals surface area contributed by atoms with E-state index in [9.17, 15) is 13.2 Å². The number of benzene rings is 2. The van der Waals surface area contributed by atoms with Crippen molar-refractivity contribution in [1.82, 2.24) is 4.31 Å². The van der Waals surface area contributed by atoms with Crippen molar-refractivity contribution in [1.29, 1.82) is 0 Å². The normalized spacial score (nSPS) is 18.8. The largest absolute Gasteiger partial charge is 0.495 e. The van der Waals surface area contributed by atoms with Gasteiger partial charge < -0.3 is 14.8 Å². The van der Waals surface area contributed by atoms with Crippen LogP contribution in [0.15, 0.2) is 47.4 Å². The van der Waals surface area contributed by atoms with Crippen LogP contribution >= 0.6 is 11.6 Å². The van der Waals surface area contributed by atoms with Gasteiger partial charge in [-0.15, -0.1) is 0 Å². The van der Waals surface area contributed by atoms with E-state index in [0.717, 1.165) is 24.8 Å². The van der Waals surface area contributed by atoms with Gasteiger partial charge in [0.05, 0.1) is 25.7 Å². The summed E-state index contributed by atoms with van der Waals surface area (Å²) in [5.74, 6) is 0.0847. The highest BCUT2D eigenvalue weighted by molar-refractivity contribution is 7.89. The molecule has 166 valence electrons. The molecule has 0 spiro atoms. The summed E-state index contributed by atoms with van der Waals surface area (Å²) in [7, 11) is -2.36. The van der Waals surface area contributed by atoms with Gasteiger partial charge in [0, 0.05) is 23.8 Å². The first-order valence-electron chi connectivity index (χ1n) is 10.2. The molecule has 0 unspecified atom stereocenters. The maximum atomic E-state index is 13.3. The van der Waals surface area contributed by atoms with Gasteiger partial charge in [0.1, 0.15) is 10.6 Å². The summed E-state index contributed by atoms with van der Waals surface area (Å²) < 4.78 is 38.3. The molecule has 1 amide bonds. The number of rotatable bonds is 6. The lowest BCUT2D eigenvalue weighted by molar-refractivity contribution is -0.124. The Bertz CT molecular complexity index is 1060. The second-order valence-electron chi connectivity index (χ2n) is 7.78. The zero-order chi connectivity index (χ0) is 22.1. The molecule has 2 aromatic carbocycles. The Labute approximate surface area is 187 Å². The van der Waals surface area contributed by atoms with E-state index in [0.29, 0.717) is 23.9 Å². The summed E-state index contributed by atoms with van der Waals surface area (Å²) in [4.78, 5) is 13.3. The van der Waals surface area contributed by atoms with Crippen molar-refractivity contribution >= 4 is 33.2 Å². The van der Waals surface area contributed by atoms with Crippen molar-refractivity contribution < 1.29 is 22.7 Å². The fraction of sp³-hybridized carbons (Fsp3) is 0.409. The molecule has 0 atom stereocenters. The number of amides is 1. The lowest BCUT2D eigenvalue weighted by atomic mass is 9.64.